The second kappa shape index (κ2) is 12.5. The number of aromatic amines is 1. The number of hydrogen-bond acceptors (Lipinski definition) is 6. The fourth-order valence-electron chi connectivity index (χ4n) is 3.68. The SMILES string of the molecule is NC(CO)C(=O)NCC(=O)NC(Cc1c[nH]c2ccccc12)C(=O)NC(Cc1ccccc1)C(=O)O. The number of hydrogen-bond donors (Lipinski definition) is 7. The molecule has 0 aliphatic rings. The lowest BCUT2D eigenvalue weighted by molar-refractivity contribution is -0.142. The van der Waals surface area contributed by atoms with Gasteiger partial charge < -0.3 is 36.9 Å². The van der Waals surface area contributed by atoms with Gasteiger partial charge in [0.1, 0.15) is 18.1 Å². The Labute approximate surface area is 207 Å². The number of H-pyrrole nitrogens is 1. The molecule has 0 fully saturated rings. The van der Waals surface area contributed by atoms with E-state index in [0.717, 1.165) is 22.0 Å². The van der Waals surface area contributed by atoms with E-state index in [2.05, 4.69) is 20.9 Å². The number of aliphatic carboxylic acids is 1. The molecule has 0 saturated heterocycles. The van der Waals surface area contributed by atoms with Gasteiger partial charge in [0.05, 0.1) is 13.2 Å². The van der Waals surface area contributed by atoms with E-state index in [1.807, 2.05) is 24.3 Å². The number of nitrogens with two attached hydrogens (primary N) is 1. The van der Waals surface area contributed by atoms with Crippen molar-refractivity contribution in [2.45, 2.75) is 31.0 Å². The Morgan fingerprint density at radius 1 is 0.889 bits per heavy atom. The molecular weight excluding hydrogens is 466 g/mol. The first kappa shape index (κ1) is 26.4. The maximum atomic E-state index is 13.2. The summed E-state index contributed by atoms with van der Waals surface area (Å²) < 4.78 is 0. The van der Waals surface area contributed by atoms with Gasteiger partial charge in [-0.15, -0.1) is 0 Å². The Bertz CT molecular complexity index is 1210. The number of carboxylic acids is 1. The smallest absolute Gasteiger partial charge is 0.326 e. The van der Waals surface area contributed by atoms with Gasteiger partial charge in [0.2, 0.25) is 17.7 Å². The molecule has 3 atom stereocenters. The fraction of sp³-hybridized carbons (Fsp3) is 0.280. The van der Waals surface area contributed by atoms with Crippen LogP contribution in [0.3, 0.4) is 0 Å². The van der Waals surface area contributed by atoms with Gasteiger partial charge in [0, 0.05) is 29.9 Å². The molecular formula is C25H29N5O6. The van der Waals surface area contributed by atoms with Gasteiger partial charge in [0.25, 0.3) is 0 Å². The van der Waals surface area contributed by atoms with Gasteiger partial charge >= 0.3 is 5.97 Å². The molecule has 3 unspecified atom stereocenters. The van der Waals surface area contributed by atoms with E-state index in [0.29, 0.717) is 0 Å². The van der Waals surface area contributed by atoms with E-state index in [-0.39, 0.29) is 12.8 Å². The van der Waals surface area contributed by atoms with Crippen LogP contribution in [0.2, 0.25) is 0 Å². The van der Waals surface area contributed by atoms with Gasteiger partial charge in [-0.1, -0.05) is 48.5 Å². The summed E-state index contributed by atoms with van der Waals surface area (Å²) in [5, 5.41) is 26.9. The third kappa shape index (κ3) is 7.14. The molecule has 0 aliphatic heterocycles. The van der Waals surface area contributed by atoms with Gasteiger partial charge in [-0.05, 0) is 17.2 Å². The van der Waals surface area contributed by atoms with Crippen LogP contribution in [0, 0.1) is 0 Å². The highest BCUT2D eigenvalue weighted by Gasteiger charge is 2.28. The first-order valence-electron chi connectivity index (χ1n) is 11.3. The zero-order valence-corrected chi connectivity index (χ0v) is 19.4. The number of amides is 3. The summed E-state index contributed by atoms with van der Waals surface area (Å²) in [5.41, 5.74) is 7.74. The number of aliphatic hydroxyl groups is 1. The lowest BCUT2D eigenvalue weighted by Gasteiger charge is -2.22. The number of aliphatic hydroxyl groups excluding tert-OH is 1. The third-order valence-electron chi connectivity index (χ3n) is 5.60. The van der Waals surface area contributed by atoms with Crippen LogP contribution in [0.1, 0.15) is 11.1 Å². The quantitative estimate of drug-likeness (QED) is 0.175. The summed E-state index contributed by atoms with van der Waals surface area (Å²) in [6, 6.07) is 12.8. The molecule has 8 N–H and O–H groups in total. The molecule has 190 valence electrons. The summed E-state index contributed by atoms with van der Waals surface area (Å²) in [4.78, 5) is 52.5. The Balaban J connectivity index is 1.76. The molecule has 0 spiro atoms. The first-order chi connectivity index (χ1) is 17.3. The fourth-order valence-corrected chi connectivity index (χ4v) is 3.68. The number of carboxylic acid groups (broad SMARTS) is 1. The zero-order chi connectivity index (χ0) is 26.1. The minimum Gasteiger partial charge on any atom is -0.480 e. The maximum Gasteiger partial charge on any atom is 0.326 e. The van der Waals surface area contributed by atoms with Crippen molar-refractivity contribution in [3.8, 4) is 0 Å². The van der Waals surface area contributed by atoms with Gasteiger partial charge in [0.15, 0.2) is 0 Å². The second-order valence-electron chi connectivity index (χ2n) is 8.28. The van der Waals surface area contributed by atoms with E-state index in [9.17, 15) is 24.3 Å². The molecule has 11 heteroatoms. The van der Waals surface area contributed by atoms with Gasteiger partial charge in [-0.25, -0.2) is 4.79 Å². The molecule has 0 saturated carbocycles. The number of nitrogens with one attached hydrogen (secondary N) is 4. The Morgan fingerprint density at radius 3 is 2.28 bits per heavy atom. The zero-order valence-electron chi connectivity index (χ0n) is 19.4. The Morgan fingerprint density at radius 2 is 1.58 bits per heavy atom. The van der Waals surface area contributed by atoms with Crippen molar-refractivity contribution in [2.24, 2.45) is 5.73 Å². The lowest BCUT2D eigenvalue weighted by Crippen LogP contribution is -2.55. The summed E-state index contributed by atoms with van der Waals surface area (Å²) in [6.07, 6.45) is 1.85. The topological polar surface area (TPSA) is 187 Å². The van der Waals surface area contributed by atoms with E-state index in [4.69, 9.17) is 10.8 Å². The number of aromatic nitrogens is 1. The number of benzene rings is 2. The van der Waals surface area contributed by atoms with Crippen LogP contribution in [0.25, 0.3) is 10.9 Å². The summed E-state index contributed by atoms with van der Waals surface area (Å²) in [7, 11) is 0. The largest absolute Gasteiger partial charge is 0.480 e. The highest BCUT2D eigenvalue weighted by atomic mass is 16.4. The molecule has 0 bridgehead atoms. The first-order valence-corrected chi connectivity index (χ1v) is 11.3. The number of carbonyl (C=O) groups is 4. The van der Waals surface area contributed by atoms with E-state index in [1.54, 1.807) is 36.5 Å². The van der Waals surface area contributed by atoms with Crippen molar-refractivity contribution in [3.63, 3.8) is 0 Å². The molecule has 1 heterocycles. The normalized spacial score (nSPS) is 13.4. The van der Waals surface area contributed by atoms with Crippen LogP contribution in [0.5, 0.6) is 0 Å². The highest BCUT2D eigenvalue weighted by molar-refractivity contribution is 5.93. The van der Waals surface area contributed by atoms with Crippen molar-refractivity contribution >= 4 is 34.6 Å². The van der Waals surface area contributed by atoms with Crippen LogP contribution < -0.4 is 21.7 Å². The van der Waals surface area contributed by atoms with Crippen LogP contribution in [-0.2, 0) is 32.0 Å². The summed E-state index contributed by atoms with van der Waals surface area (Å²) in [5.74, 6) is -3.30. The van der Waals surface area contributed by atoms with Gasteiger partial charge in [-0.3, -0.25) is 14.4 Å². The monoisotopic (exact) mass is 495 g/mol. The minimum atomic E-state index is -1.22. The highest BCUT2D eigenvalue weighted by Crippen LogP contribution is 2.19. The Kier molecular flexibility index (Phi) is 9.14. The van der Waals surface area contributed by atoms with Crippen molar-refractivity contribution in [2.75, 3.05) is 13.2 Å². The third-order valence-corrected chi connectivity index (χ3v) is 5.60. The van der Waals surface area contributed by atoms with E-state index in [1.165, 1.54) is 0 Å². The molecule has 2 aromatic carbocycles. The maximum absolute atomic E-state index is 13.2. The van der Waals surface area contributed by atoms with Crippen molar-refractivity contribution < 1.29 is 29.4 Å². The molecule has 3 amide bonds. The van der Waals surface area contributed by atoms with Crippen LogP contribution in [0.15, 0.2) is 60.8 Å². The van der Waals surface area contributed by atoms with Gasteiger partial charge in [-0.2, -0.15) is 0 Å². The predicted octanol–water partition coefficient (Wildman–Crippen LogP) is -0.557. The minimum absolute atomic E-state index is 0.0603. The number of rotatable bonds is 12. The van der Waals surface area contributed by atoms with Crippen LogP contribution in [-0.4, -0.2) is 70.2 Å². The second-order valence-corrected chi connectivity index (χ2v) is 8.28. The number of carbonyl (C=O) groups excluding carboxylic acids is 3. The number of para-hydroxylation sites is 1. The average molecular weight is 496 g/mol. The molecule has 36 heavy (non-hydrogen) atoms. The van der Waals surface area contributed by atoms with Crippen molar-refractivity contribution in [1.29, 1.82) is 0 Å². The Hall–Kier alpha value is -4.22. The average Bonchev–Trinajstić information content (AvgIpc) is 3.29. The number of fused-ring (bicyclic) bond motifs is 1. The van der Waals surface area contributed by atoms with E-state index >= 15 is 0 Å². The van der Waals surface area contributed by atoms with Crippen LogP contribution >= 0.6 is 0 Å². The molecule has 0 aliphatic carbocycles. The molecule has 3 aromatic rings. The molecule has 0 radical (unpaired) electrons. The summed E-state index contributed by atoms with van der Waals surface area (Å²) in [6.45, 7) is -1.06. The molecule has 3 rings (SSSR count). The molecule has 11 nitrogen and oxygen atoms in total. The van der Waals surface area contributed by atoms with Crippen molar-refractivity contribution in [3.05, 3.63) is 71.9 Å². The van der Waals surface area contributed by atoms with Crippen molar-refractivity contribution in [1.82, 2.24) is 20.9 Å². The molecule has 1 aromatic heterocycles. The van der Waals surface area contributed by atoms with E-state index < -0.39 is 55.0 Å². The predicted molar refractivity (Wildman–Crippen MR) is 132 cm³/mol. The standard InChI is InChI=1S/C25H29N5O6/c26-18(14-31)23(33)28-13-22(32)29-20(11-16-12-27-19-9-5-4-8-17(16)19)24(34)30-21(25(35)36)10-15-6-2-1-3-7-15/h1-9,12,18,20-21,27,31H,10-11,13-14,26H2,(H,28,33)(H,29,32)(H,30,34)(H,35,36). The lowest BCUT2D eigenvalue weighted by atomic mass is 10.0. The summed E-state index contributed by atoms with van der Waals surface area (Å²) >= 11 is 0. The van der Waals surface area contributed by atoms with Crippen LogP contribution in [0.4, 0.5) is 0 Å².